The summed E-state index contributed by atoms with van der Waals surface area (Å²) < 4.78 is 5.53. The van der Waals surface area contributed by atoms with Crippen LogP contribution in [0.2, 0.25) is 0 Å². The van der Waals surface area contributed by atoms with Crippen molar-refractivity contribution < 1.29 is 4.74 Å². The molecule has 5 nitrogen and oxygen atoms in total. The van der Waals surface area contributed by atoms with Gasteiger partial charge in [-0.15, -0.1) is 0 Å². The summed E-state index contributed by atoms with van der Waals surface area (Å²) in [6.45, 7) is 9.10. The molecule has 2 rings (SSSR count). The Morgan fingerprint density at radius 1 is 1.39 bits per heavy atom. The Bertz CT molecular complexity index is 427. The molecular weight excluding hydrogens is 228 g/mol. The van der Waals surface area contributed by atoms with E-state index < -0.39 is 0 Å². The van der Waals surface area contributed by atoms with Crippen LogP contribution in [-0.2, 0) is 10.2 Å². The number of nitrogens with one attached hydrogen (secondary N) is 1. The van der Waals surface area contributed by atoms with Gasteiger partial charge in [0.15, 0.2) is 0 Å². The largest absolute Gasteiger partial charge is 0.384 e. The fourth-order valence-electron chi connectivity index (χ4n) is 1.99. The number of rotatable bonds is 2. The molecule has 2 unspecified atom stereocenters. The smallest absolute Gasteiger partial charge is 0.138 e. The fourth-order valence-corrected chi connectivity index (χ4v) is 1.99. The summed E-state index contributed by atoms with van der Waals surface area (Å²) in [7, 11) is 0. The number of nitrogens with zero attached hydrogens (tertiary/aromatic N) is 2. The lowest BCUT2D eigenvalue weighted by molar-refractivity contribution is 0.121. The van der Waals surface area contributed by atoms with Crippen LogP contribution in [0.5, 0.6) is 0 Å². The molecule has 2 atom stereocenters. The van der Waals surface area contributed by atoms with Crippen LogP contribution in [0, 0.1) is 0 Å². The van der Waals surface area contributed by atoms with E-state index >= 15 is 0 Å². The molecule has 0 radical (unpaired) electrons. The zero-order chi connectivity index (χ0) is 13.3. The average Bonchev–Trinajstić information content (AvgIpc) is 2.62. The second-order valence-electron chi connectivity index (χ2n) is 5.87. The monoisotopic (exact) mass is 250 g/mol. The average molecular weight is 250 g/mol. The van der Waals surface area contributed by atoms with Gasteiger partial charge in [-0.25, -0.2) is 9.97 Å². The van der Waals surface area contributed by atoms with Crippen LogP contribution >= 0.6 is 0 Å². The van der Waals surface area contributed by atoms with Gasteiger partial charge >= 0.3 is 0 Å². The molecule has 1 aromatic heterocycles. The zero-order valence-corrected chi connectivity index (χ0v) is 11.5. The SMILES string of the molecule is CC1OCCC1Nc1cc(N)nc(C(C)(C)C)n1. The number of hydrogen-bond donors (Lipinski definition) is 2. The third kappa shape index (κ3) is 2.90. The quantitative estimate of drug-likeness (QED) is 0.839. The molecule has 1 fully saturated rings. The van der Waals surface area contributed by atoms with Crippen molar-refractivity contribution in [3.05, 3.63) is 11.9 Å². The minimum absolute atomic E-state index is 0.108. The third-order valence-corrected chi connectivity index (χ3v) is 3.13. The maximum absolute atomic E-state index is 5.84. The molecule has 0 amide bonds. The predicted octanol–water partition coefficient (Wildman–Crippen LogP) is 1.95. The van der Waals surface area contributed by atoms with Crippen molar-refractivity contribution >= 4 is 11.6 Å². The second-order valence-corrected chi connectivity index (χ2v) is 5.87. The van der Waals surface area contributed by atoms with Gasteiger partial charge in [-0.2, -0.15) is 0 Å². The summed E-state index contributed by atoms with van der Waals surface area (Å²) in [6.07, 6.45) is 1.20. The zero-order valence-electron chi connectivity index (χ0n) is 11.5. The number of ether oxygens (including phenoxy) is 1. The van der Waals surface area contributed by atoms with E-state index in [0.29, 0.717) is 11.9 Å². The highest BCUT2D eigenvalue weighted by Gasteiger charge is 2.25. The van der Waals surface area contributed by atoms with Crippen molar-refractivity contribution in [3.63, 3.8) is 0 Å². The van der Waals surface area contributed by atoms with E-state index in [2.05, 4.69) is 43.0 Å². The molecular formula is C13H22N4O. The molecule has 0 aromatic carbocycles. The Morgan fingerprint density at radius 2 is 2.11 bits per heavy atom. The molecule has 0 saturated carbocycles. The van der Waals surface area contributed by atoms with E-state index in [1.807, 2.05) is 0 Å². The van der Waals surface area contributed by atoms with Crippen LogP contribution in [0.15, 0.2) is 6.07 Å². The van der Waals surface area contributed by atoms with E-state index in [1.54, 1.807) is 6.07 Å². The van der Waals surface area contributed by atoms with Gasteiger partial charge in [-0.05, 0) is 13.3 Å². The van der Waals surface area contributed by atoms with Crippen LogP contribution in [0.4, 0.5) is 11.6 Å². The number of hydrogen-bond acceptors (Lipinski definition) is 5. The molecule has 1 saturated heterocycles. The van der Waals surface area contributed by atoms with Gasteiger partial charge in [0.1, 0.15) is 17.5 Å². The van der Waals surface area contributed by atoms with Gasteiger partial charge in [-0.3, -0.25) is 0 Å². The van der Waals surface area contributed by atoms with E-state index in [1.165, 1.54) is 0 Å². The van der Waals surface area contributed by atoms with Gasteiger partial charge < -0.3 is 15.8 Å². The van der Waals surface area contributed by atoms with Gasteiger partial charge in [0.25, 0.3) is 0 Å². The Morgan fingerprint density at radius 3 is 2.67 bits per heavy atom. The van der Waals surface area contributed by atoms with Crippen molar-refractivity contribution in [1.29, 1.82) is 0 Å². The highest BCUT2D eigenvalue weighted by atomic mass is 16.5. The van der Waals surface area contributed by atoms with Crippen LogP contribution in [-0.4, -0.2) is 28.7 Å². The number of anilines is 2. The maximum atomic E-state index is 5.84. The first kappa shape index (κ1) is 13.1. The van der Waals surface area contributed by atoms with Crippen molar-refractivity contribution in [2.45, 2.75) is 51.7 Å². The van der Waals surface area contributed by atoms with Crippen molar-refractivity contribution in [2.75, 3.05) is 17.7 Å². The molecule has 3 N–H and O–H groups in total. The molecule has 1 aliphatic rings. The number of nitrogens with two attached hydrogens (primary N) is 1. The van der Waals surface area contributed by atoms with Gasteiger partial charge in [0, 0.05) is 18.1 Å². The fraction of sp³-hybridized carbons (Fsp3) is 0.692. The highest BCUT2D eigenvalue weighted by molar-refractivity contribution is 5.46. The lowest BCUT2D eigenvalue weighted by atomic mass is 9.96. The Kier molecular flexibility index (Phi) is 3.43. The van der Waals surface area contributed by atoms with Crippen LogP contribution in [0.1, 0.15) is 39.9 Å². The van der Waals surface area contributed by atoms with Crippen molar-refractivity contribution in [2.24, 2.45) is 0 Å². The number of aromatic nitrogens is 2. The first-order valence-electron chi connectivity index (χ1n) is 6.39. The first-order valence-corrected chi connectivity index (χ1v) is 6.39. The molecule has 2 heterocycles. The minimum Gasteiger partial charge on any atom is -0.384 e. The molecule has 18 heavy (non-hydrogen) atoms. The minimum atomic E-state index is -0.108. The lowest BCUT2D eigenvalue weighted by Gasteiger charge is -2.21. The summed E-state index contributed by atoms with van der Waals surface area (Å²) in [6, 6.07) is 2.08. The van der Waals surface area contributed by atoms with E-state index in [9.17, 15) is 0 Å². The predicted molar refractivity (Wildman–Crippen MR) is 72.6 cm³/mol. The third-order valence-electron chi connectivity index (χ3n) is 3.13. The van der Waals surface area contributed by atoms with Crippen molar-refractivity contribution in [1.82, 2.24) is 9.97 Å². The van der Waals surface area contributed by atoms with Gasteiger partial charge in [0.2, 0.25) is 0 Å². The Hall–Kier alpha value is -1.36. The molecule has 1 aromatic rings. The molecule has 1 aliphatic heterocycles. The lowest BCUT2D eigenvalue weighted by Crippen LogP contribution is -2.28. The summed E-state index contributed by atoms with van der Waals surface area (Å²) >= 11 is 0. The topological polar surface area (TPSA) is 73.1 Å². The summed E-state index contributed by atoms with van der Waals surface area (Å²) in [5.41, 5.74) is 5.74. The van der Waals surface area contributed by atoms with Crippen molar-refractivity contribution in [3.8, 4) is 0 Å². The van der Waals surface area contributed by atoms with E-state index in [0.717, 1.165) is 24.7 Å². The maximum Gasteiger partial charge on any atom is 0.138 e. The standard InChI is InChI=1S/C13H22N4O/c1-8-9(5-6-18-8)15-11-7-10(14)16-12(17-11)13(2,3)4/h7-9H,5-6H2,1-4H3,(H3,14,15,16,17). The molecule has 0 aliphatic carbocycles. The van der Waals surface area contributed by atoms with Gasteiger partial charge in [-0.1, -0.05) is 20.8 Å². The molecule has 100 valence electrons. The Labute approximate surface area is 108 Å². The normalized spacial score (nSPS) is 24.2. The summed E-state index contributed by atoms with van der Waals surface area (Å²) in [4.78, 5) is 8.84. The van der Waals surface area contributed by atoms with E-state index in [-0.39, 0.29) is 11.5 Å². The molecule has 0 bridgehead atoms. The van der Waals surface area contributed by atoms with Crippen LogP contribution < -0.4 is 11.1 Å². The summed E-state index contributed by atoms with van der Waals surface area (Å²) in [5.74, 6) is 2.05. The van der Waals surface area contributed by atoms with E-state index in [4.69, 9.17) is 10.5 Å². The van der Waals surface area contributed by atoms with Crippen LogP contribution in [0.25, 0.3) is 0 Å². The first-order chi connectivity index (χ1) is 8.36. The van der Waals surface area contributed by atoms with Gasteiger partial charge in [0.05, 0.1) is 12.1 Å². The highest BCUT2D eigenvalue weighted by Crippen LogP contribution is 2.23. The molecule has 5 heteroatoms. The Balaban J connectivity index is 2.20. The molecule has 0 spiro atoms. The summed E-state index contributed by atoms with van der Waals surface area (Å²) in [5, 5.41) is 3.39. The van der Waals surface area contributed by atoms with Crippen LogP contribution in [0.3, 0.4) is 0 Å². The number of nitrogen functional groups attached to an aromatic ring is 1. The second kappa shape index (κ2) is 4.72.